The van der Waals surface area contributed by atoms with Gasteiger partial charge in [0.2, 0.25) is 0 Å². The van der Waals surface area contributed by atoms with E-state index in [1.165, 1.54) is 0 Å². The van der Waals surface area contributed by atoms with Crippen LogP contribution in [0.1, 0.15) is 11.1 Å². The Bertz CT molecular complexity index is 5070. The Kier molecular flexibility index (Phi) is 7.99. The minimum Gasteiger partial charge on any atom is -0.456 e. The predicted molar refractivity (Wildman–Crippen MR) is 308 cm³/mol. The maximum absolute atomic E-state index is 12.4. The van der Waals surface area contributed by atoms with Gasteiger partial charge in [-0.05, 0) is 72.8 Å². The number of nitriles is 2. The molecule has 76 heavy (non-hydrogen) atoms. The second-order valence-electron chi connectivity index (χ2n) is 19.7. The van der Waals surface area contributed by atoms with E-state index in [1.54, 1.807) is 0 Å². The van der Waals surface area contributed by atoms with Crippen molar-refractivity contribution >= 4 is 131 Å². The summed E-state index contributed by atoms with van der Waals surface area (Å²) in [5.74, 6) is 0. The third-order valence-electron chi connectivity index (χ3n) is 16.0. The van der Waals surface area contributed by atoms with E-state index in [1.807, 2.05) is 36.4 Å². The summed E-state index contributed by atoms with van der Waals surface area (Å²) in [5, 5.41) is 36.8. The van der Waals surface area contributed by atoms with Crippen LogP contribution in [-0.2, 0) is 0 Å². The van der Waals surface area contributed by atoms with E-state index < -0.39 is 0 Å². The highest BCUT2D eigenvalue weighted by atomic mass is 16.3. The van der Waals surface area contributed by atoms with Gasteiger partial charge in [0, 0.05) is 64.6 Å². The van der Waals surface area contributed by atoms with Crippen molar-refractivity contribution in [1.82, 2.24) is 18.3 Å². The number of rotatable bonds is 4. The number of hydrogen-bond donors (Lipinski definition) is 0. The molecule has 8 heteroatoms. The van der Waals surface area contributed by atoms with Gasteiger partial charge in [0.25, 0.3) is 0 Å². The molecule has 17 aromatic rings. The van der Waals surface area contributed by atoms with Crippen molar-refractivity contribution in [2.45, 2.75) is 0 Å². The van der Waals surface area contributed by atoms with Crippen LogP contribution in [0.15, 0.2) is 227 Å². The van der Waals surface area contributed by atoms with Gasteiger partial charge in [-0.3, -0.25) is 0 Å². The van der Waals surface area contributed by atoms with Crippen LogP contribution in [0.5, 0.6) is 0 Å². The second kappa shape index (κ2) is 14.9. The third kappa shape index (κ3) is 5.18. The highest BCUT2D eigenvalue weighted by molar-refractivity contribution is 6.21. The van der Waals surface area contributed by atoms with Crippen LogP contribution in [0, 0.1) is 22.7 Å². The number of furan rings is 2. The minimum atomic E-state index is 0.236. The molecule has 0 unspecified atom stereocenters. The highest BCUT2D eigenvalue weighted by Crippen LogP contribution is 2.50. The zero-order valence-corrected chi connectivity index (χ0v) is 40.3. The molecular weight excluding hydrogens is 933 g/mol. The average molecular weight is 969 g/mol. The van der Waals surface area contributed by atoms with E-state index in [2.05, 4.69) is 212 Å². The molecule has 0 aliphatic heterocycles. The van der Waals surface area contributed by atoms with Gasteiger partial charge < -0.3 is 27.1 Å². The van der Waals surface area contributed by atoms with Gasteiger partial charge in [-0.1, -0.05) is 146 Å². The molecule has 0 amide bonds. The molecule has 0 radical (unpaired) electrons. The van der Waals surface area contributed by atoms with Crippen molar-refractivity contribution in [3.05, 3.63) is 230 Å². The van der Waals surface area contributed by atoms with Crippen molar-refractivity contribution in [3.8, 4) is 34.9 Å². The van der Waals surface area contributed by atoms with E-state index in [4.69, 9.17) is 8.83 Å². The number of nitrogens with zero attached hydrogens (tertiary/aromatic N) is 6. The molecule has 0 saturated carbocycles. The Morgan fingerprint density at radius 2 is 0.500 bits per heavy atom. The molecule has 17 rings (SSSR count). The molecule has 8 nitrogen and oxygen atoms in total. The van der Waals surface area contributed by atoms with Crippen LogP contribution in [0.3, 0.4) is 0 Å². The Labute approximate surface area is 431 Å². The van der Waals surface area contributed by atoms with Gasteiger partial charge in [-0.15, -0.1) is 0 Å². The number of hydrogen-bond acceptors (Lipinski definition) is 4. The average Bonchev–Trinajstić information content (AvgIpc) is 4.47. The summed E-state index contributed by atoms with van der Waals surface area (Å²) in [4.78, 5) is 0. The molecule has 0 bridgehead atoms. The van der Waals surface area contributed by atoms with Gasteiger partial charge >= 0.3 is 0 Å². The van der Waals surface area contributed by atoms with Gasteiger partial charge in [0.1, 0.15) is 34.5 Å². The molecule has 0 atom stereocenters. The van der Waals surface area contributed by atoms with Crippen LogP contribution < -0.4 is 0 Å². The molecule has 0 spiro atoms. The maximum Gasteiger partial charge on any atom is 0.136 e. The first-order valence-electron chi connectivity index (χ1n) is 25.4. The Morgan fingerprint density at radius 1 is 0.237 bits per heavy atom. The summed E-state index contributed by atoms with van der Waals surface area (Å²) >= 11 is 0. The number of fused-ring (bicyclic) bond motifs is 18. The fraction of sp³-hybridized carbons (Fsp3) is 0. The summed E-state index contributed by atoms with van der Waals surface area (Å²) in [5.41, 5.74) is 13.5. The Morgan fingerprint density at radius 3 is 0.816 bits per heavy atom. The lowest BCUT2D eigenvalue weighted by Gasteiger charge is -2.27. The van der Waals surface area contributed by atoms with Gasteiger partial charge in [0.05, 0.1) is 78.0 Å². The van der Waals surface area contributed by atoms with Crippen molar-refractivity contribution in [3.63, 3.8) is 0 Å². The fourth-order valence-electron chi connectivity index (χ4n) is 13.0. The van der Waals surface area contributed by atoms with Crippen LogP contribution in [0.25, 0.3) is 154 Å². The zero-order valence-electron chi connectivity index (χ0n) is 40.3. The highest BCUT2D eigenvalue weighted by Gasteiger charge is 2.35. The van der Waals surface area contributed by atoms with E-state index in [9.17, 15) is 10.5 Å². The van der Waals surface area contributed by atoms with E-state index in [0.717, 1.165) is 142 Å². The first kappa shape index (κ1) is 40.8. The minimum absolute atomic E-state index is 0.236. The molecule has 0 N–H and O–H groups in total. The molecule has 0 aliphatic rings. The number of para-hydroxylation sites is 8. The summed E-state index contributed by atoms with van der Waals surface area (Å²) in [6, 6.07) is 81.4. The normalized spacial score (nSPS) is 12.2. The monoisotopic (exact) mass is 968 g/mol. The van der Waals surface area contributed by atoms with Gasteiger partial charge in [0.15, 0.2) is 0 Å². The van der Waals surface area contributed by atoms with E-state index >= 15 is 0 Å². The maximum atomic E-state index is 12.4. The van der Waals surface area contributed by atoms with Crippen LogP contribution in [0.4, 0.5) is 0 Å². The lowest BCUT2D eigenvalue weighted by atomic mass is 9.98. The summed E-state index contributed by atoms with van der Waals surface area (Å²) in [6.45, 7) is 0. The lowest BCUT2D eigenvalue weighted by molar-refractivity contribution is 0.669. The zero-order chi connectivity index (χ0) is 49.9. The van der Waals surface area contributed by atoms with Crippen LogP contribution >= 0.6 is 0 Å². The van der Waals surface area contributed by atoms with E-state index in [-0.39, 0.29) is 11.1 Å². The first-order chi connectivity index (χ1) is 37.7. The standard InChI is InChI=1S/C68H36N6O2/c69-37-51-52(38-70)66(74-58-30-14-6-22-44(58)48-36-64-50(34-60(48)74)46-24-8-16-32-62(46)76-64)68(72-55-27-11-3-19-41(55)42-20-4-12-28-56(42)72)67(71-53-25-9-1-17-39(53)40-18-2-10-26-54(40)71)65(51)73-57-29-13-5-21-43(57)47-35-63-49(33-59(47)73)45-23-7-15-31-61(45)75-63/h1-36H. The predicted octanol–water partition coefficient (Wildman–Crippen LogP) is 17.6. The molecule has 0 fully saturated rings. The number of aromatic nitrogens is 4. The van der Waals surface area contributed by atoms with Crippen molar-refractivity contribution in [2.75, 3.05) is 0 Å². The topological polar surface area (TPSA) is 93.6 Å². The molecule has 6 heterocycles. The first-order valence-corrected chi connectivity index (χ1v) is 25.4. The SMILES string of the molecule is N#Cc1c(C#N)c(-n2c3ccccc3c3cc4oc5ccccc5c4cc32)c(-n2c3ccccc3c3ccccc32)c(-n2c3ccccc3c3ccccc32)c1-n1c2ccccc2c2cc3oc4ccccc4c3cc21. The quantitative estimate of drug-likeness (QED) is 0.176. The molecule has 6 aromatic heterocycles. The van der Waals surface area contributed by atoms with E-state index in [0.29, 0.717) is 11.4 Å². The van der Waals surface area contributed by atoms with Crippen molar-refractivity contribution in [1.29, 1.82) is 10.5 Å². The summed E-state index contributed by atoms with van der Waals surface area (Å²) < 4.78 is 22.4. The van der Waals surface area contributed by atoms with Gasteiger partial charge in [-0.25, -0.2) is 0 Å². The smallest absolute Gasteiger partial charge is 0.136 e. The summed E-state index contributed by atoms with van der Waals surface area (Å²) in [6.07, 6.45) is 0. The Hall–Kier alpha value is -10.8. The second-order valence-corrected chi connectivity index (χ2v) is 19.7. The molecule has 0 aliphatic carbocycles. The molecular formula is C68H36N6O2. The van der Waals surface area contributed by atoms with Crippen molar-refractivity contribution in [2.24, 2.45) is 0 Å². The van der Waals surface area contributed by atoms with Crippen molar-refractivity contribution < 1.29 is 8.83 Å². The van der Waals surface area contributed by atoms with Gasteiger partial charge in [-0.2, -0.15) is 10.5 Å². The largest absolute Gasteiger partial charge is 0.456 e. The van der Waals surface area contributed by atoms with Crippen LogP contribution in [-0.4, -0.2) is 18.3 Å². The molecule has 350 valence electrons. The fourth-order valence-corrected chi connectivity index (χ4v) is 13.0. The lowest BCUT2D eigenvalue weighted by Crippen LogP contribution is -2.17. The van der Waals surface area contributed by atoms with Crippen LogP contribution in [0.2, 0.25) is 0 Å². The third-order valence-corrected chi connectivity index (χ3v) is 16.0. The molecule has 0 saturated heterocycles. The summed E-state index contributed by atoms with van der Waals surface area (Å²) in [7, 11) is 0. The Balaban J connectivity index is 1.19. The number of benzene rings is 11. The molecule has 11 aromatic carbocycles.